The molecule has 3 rings (SSSR count). The van der Waals surface area contributed by atoms with E-state index in [1.165, 1.54) is 5.56 Å². The van der Waals surface area contributed by atoms with Crippen molar-refractivity contribution in [2.75, 3.05) is 13.2 Å². The van der Waals surface area contributed by atoms with E-state index in [1.54, 1.807) is 0 Å². The second kappa shape index (κ2) is 5.05. The molecule has 0 saturated carbocycles. The fourth-order valence-corrected chi connectivity index (χ4v) is 2.56. The number of ether oxygens (including phenoxy) is 1. The number of rotatable bonds is 3. The van der Waals surface area contributed by atoms with Crippen LogP contribution < -0.4 is 10.5 Å². The number of hydrogen-bond acceptors (Lipinski definition) is 4. The van der Waals surface area contributed by atoms with E-state index in [0.29, 0.717) is 6.54 Å². The first-order chi connectivity index (χ1) is 9.29. The van der Waals surface area contributed by atoms with Crippen molar-refractivity contribution in [1.82, 2.24) is 5.16 Å². The van der Waals surface area contributed by atoms with Gasteiger partial charge in [-0.3, -0.25) is 0 Å². The van der Waals surface area contributed by atoms with Gasteiger partial charge in [0.2, 0.25) is 0 Å². The minimum Gasteiger partial charge on any atom is -0.493 e. The highest BCUT2D eigenvalue weighted by molar-refractivity contribution is 5.64. The molecule has 0 bridgehead atoms. The summed E-state index contributed by atoms with van der Waals surface area (Å²) in [7, 11) is 0. The van der Waals surface area contributed by atoms with Crippen molar-refractivity contribution in [2.24, 2.45) is 5.73 Å². The predicted molar refractivity (Wildman–Crippen MR) is 73.3 cm³/mol. The Morgan fingerprint density at radius 2 is 2.26 bits per heavy atom. The first-order valence-corrected chi connectivity index (χ1v) is 6.71. The summed E-state index contributed by atoms with van der Waals surface area (Å²) in [4.78, 5) is 0. The van der Waals surface area contributed by atoms with Crippen LogP contribution in [0.1, 0.15) is 23.2 Å². The summed E-state index contributed by atoms with van der Waals surface area (Å²) in [6, 6.07) is 6.20. The van der Waals surface area contributed by atoms with Gasteiger partial charge in [0, 0.05) is 11.1 Å². The number of aryl methyl sites for hydroxylation is 2. The van der Waals surface area contributed by atoms with Crippen molar-refractivity contribution >= 4 is 0 Å². The molecule has 0 spiro atoms. The summed E-state index contributed by atoms with van der Waals surface area (Å²) in [5.41, 5.74) is 10.0. The van der Waals surface area contributed by atoms with Crippen molar-refractivity contribution in [3.05, 3.63) is 35.0 Å². The Hall–Kier alpha value is -1.81. The average molecular weight is 258 g/mol. The van der Waals surface area contributed by atoms with Gasteiger partial charge < -0.3 is 15.0 Å². The lowest BCUT2D eigenvalue weighted by Crippen LogP contribution is -2.08. The summed E-state index contributed by atoms with van der Waals surface area (Å²) in [5.74, 6) is 1.84. The minimum atomic E-state index is 0.600. The molecule has 2 heterocycles. The van der Waals surface area contributed by atoms with Gasteiger partial charge in [0.05, 0.1) is 12.3 Å². The van der Waals surface area contributed by atoms with Crippen molar-refractivity contribution in [3.8, 4) is 17.1 Å². The molecule has 0 saturated heterocycles. The van der Waals surface area contributed by atoms with E-state index in [2.05, 4.69) is 11.2 Å². The zero-order valence-electron chi connectivity index (χ0n) is 11.1. The molecule has 1 aromatic carbocycles. The van der Waals surface area contributed by atoms with E-state index in [0.717, 1.165) is 54.2 Å². The Labute approximate surface area is 112 Å². The number of nitrogens with zero attached hydrogens (tertiary/aromatic N) is 1. The van der Waals surface area contributed by atoms with Crippen molar-refractivity contribution in [3.63, 3.8) is 0 Å². The third-order valence-electron chi connectivity index (χ3n) is 3.55. The molecule has 1 aliphatic heterocycles. The number of fused-ring (bicyclic) bond motifs is 1. The maximum Gasteiger partial charge on any atom is 0.170 e. The van der Waals surface area contributed by atoms with E-state index >= 15 is 0 Å². The molecule has 4 nitrogen and oxygen atoms in total. The molecule has 2 aromatic rings. The largest absolute Gasteiger partial charge is 0.493 e. The minimum absolute atomic E-state index is 0.600. The van der Waals surface area contributed by atoms with Gasteiger partial charge >= 0.3 is 0 Å². The Balaban J connectivity index is 2.02. The van der Waals surface area contributed by atoms with Crippen LogP contribution in [-0.2, 0) is 12.8 Å². The first kappa shape index (κ1) is 12.2. The summed E-state index contributed by atoms with van der Waals surface area (Å²) in [5, 5.41) is 4.06. The molecule has 4 heteroatoms. The van der Waals surface area contributed by atoms with Crippen LogP contribution in [0.2, 0.25) is 0 Å². The van der Waals surface area contributed by atoms with Crippen LogP contribution in [0.15, 0.2) is 22.7 Å². The van der Waals surface area contributed by atoms with E-state index in [-0.39, 0.29) is 0 Å². The number of aromatic nitrogens is 1. The van der Waals surface area contributed by atoms with Crippen molar-refractivity contribution in [1.29, 1.82) is 0 Å². The van der Waals surface area contributed by atoms with E-state index in [4.69, 9.17) is 15.0 Å². The molecular weight excluding hydrogens is 240 g/mol. The van der Waals surface area contributed by atoms with Gasteiger partial charge in [-0.25, -0.2) is 0 Å². The molecule has 2 N–H and O–H groups in total. The van der Waals surface area contributed by atoms with Crippen LogP contribution in [0, 0.1) is 6.92 Å². The van der Waals surface area contributed by atoms with Gasteiger partial charge in [0.1, 0.15) is 5.75 Å². The monoisotopic (exact) mass is 258 g/mol. The highest BCUT2D eigenvalue weighted by Crippen LogP contribution is 2.32. The molecule has 19 heavy (non-hydrogen) atoms. The molecule has 100 valence electrons. The molecule has 0 radical (unpaired) electrons. The standard InChI is InChI=1S/C15H18N2O2/c1-10-13(6-7-16)15(19-17-10)12-4-5-14-11(9-12)3-2-8-18-14/h4-5,9H,2-3,6-8,16H2,1H3. The fourth-order valence-electron chi connectivity index (χ4n) is 2.56. The molecule has 0 aliphatic carbocycles. The van der Waals surface area contributed by atoms with Crippen LogP contribution in [-0.4, -0.2) is 18.3 Å². The Morgan fingerprint density at radius 1 is 1.37 bits per heavy atom. The number of benzene rings is 1. The number of hydrogen-bond donors (Lipinski definition) is 1. The summed E-state index contributed by atoms with van der Waals surface area (Å²) in [6.45, 7) is 3.37. The lowest BCUT2D eigenvalue weighted by Gasteiger charge is -2.17. The van der Waals surface area contributed by atoms with Crippen molar-refractivity contribution < 1.29 is 9.26 Å². The summed E-state index contributed by atoms with van der Waals surface area (Å²) in [6.07, 6.45) is 2.92. The molecule has 0 unspecified atom stereocenters. The normalized spacial score (nSPS) is 14.0. The highest BCUT2D eigenvalue weighted by atomic mass is 16.5. The van der Waals surface area contributed by atoms with Gasteiger partial charge in [0.15, 0.2) is 5.76 Å². The Kier molecular flexibility index (Phi) is 3.25. The van der Waals surface area contributed by atoms with Crippen LogP contribution in [0.4, 0.5) is 0 Å². The first-order valence-electron chi connectivity index (χ1n) is 6.71. The van der Waals surface area contributed by atoms with Crippen LogP contribution in [0.25, 0.3) is 11.3 Å². The maximum absolute atomic E-state index is 5.66. The lowest BCUT2D eigenvalue weighted by molar-refractivity contribution is 0.288. The quantitative estimate of drug-likeness (QED) is 0.918. The van der Waals surface area contributed by atoms with Gasteiger partial charge in [-0.15, -0.1) is 0 Å². The fraction of sp³-hybridized carbons (Fsp3) is 0.400. The average Bonchev–Trinajstić information content (AvgIpc) is 2.80. The SMILES string of the molecule is Cc1noc(-c2ccc3c(c2)CCCO3)c1CCN. The Bertz CT molecular complexity index is 590. The molecular formula is C15H18N2O2. The molecule has 0 atom stereocenters. The third kappa shape index (κ3) is 2.24. The highest BCUT2D eigenvalue weighted by Gasteiger charge is 2.17. The van der Waals surface area contributed by atoms with Crippen LogP contribution in [0.5, 0.6) is 5.75 Å². The smallest absolute Gasteiger partial charge is 0.170 e. The second-order valence-electron chi connectivity index (χ2n) is 4.89. The maximum atomic E-state index is 5.66. The van der Waals surface area contributed by atoms with Crippen LogP contribution >= 0.6 is 0 Å². The van der Waals surface area contributed by atoms with E-state index in [9.17, 15) is 0 Å². The van der Waals surface area contributed by atoms with E-state index in [1.807, 2.05) is 19.1 Å². The Morgan fingerprint density at radius 3 is 3.11 bits per heavy atom. The van der Waals surface area contributed by atoms with Gasteiger partial charge in [-0.1, -0.05) is 5.16 Å². The summed E-state index contributed by atoms with van der Waals surface area (Å²) >= 11 is 0. The third-order valence-corrected chi connectivity index (χ3v) is 3.55. The predicted octanol–water partition coefficient (Wildman–Crippen LogP) is 2.48. The van der Waals surface area contributed by atoms with Gasteiger partial charge in [-0.05, 0) is 56.5 Å². The summed E-state index contributed by atoms with van der Waals surface area (Å²) < 4.78 is 11.1. The van der Waals surface area contributed by atoms with Gasteiger partial charge in [-0.2, -0.15) is 0 Å². The van der Waals surface area contributed by atoms with Crippen molar-refractivity contribution in [2.45, 2.75) is 26.2 Å². The second-order valence-corrected chi connectivity index (χ2v) is 4.89. The van der Waals surface area contributed by atoms with Crippen LogP contribution in [0.3, 0.4) is 0 Å². The molecule has 1 aliphatic rings. The number of nitrogens with two attached hydrogens (primary N) is 1. The zero-order chi connectivity index (χ0) is 13.2. The molecule has 0 fully saturated rings. The molecule has 0 amide bonds. The molecule has 1 aromatic heterocycles. The van der Waals surface area contributed by atoms with E-state index < -0.39 is 0 Å². The zero-order valence-corrected chi connectivity index (χ0v) is 11.1. The lowest BCUT2D eigenvalue weighted by atomic mass is 9.99. The topological polar surface area (TPSA) is 61.3 Å². The van der Waals surface area contributed by atoms with Gasteiger partial charge in [0.25, 0.3) is 0 Å².